The number of hydrogen-bond acceptors (Lipinski definition) is 8. The van der Waals surface area contributed by atoms with Gasteiger partial charge in [-0.25, -0.2) is 23.1 Å². The van der Waals surface area contributed by atoms with E-state index in [1.54, 1.807) is 12.3 Å². The van der Waals surface area contributed by atoms with Gasteiger partial charge in [-0.15, -0.1) is 0 Å². The summed E-state index contributed by atoms with van der Waals surface area (Å²) in [7, 11) is -4.66. The fraction of sp³-hybridized carbons (Fsp3) is 0.481. The van der Waals surface area contributed by atoms with Crippen molar-refractivity contribution in [2.24, 2.45) is 0 Å². The smallest absolute Gasteiger partial charge is 0.350 e. The van der Waals surface area contributed by atoms with E-state index >= 15 is 0 Å². The van der Waals surface area contributed by atoms with Gasteiger partial charge in [-0.2, -0.15) is 8.78 Å². The van der Waals surface area contributed by atoms with Crippen molar-refractivity contribution in [3.05, 3.63) is 48.3 Å². The van der Waals surface area contributed by atoms with Gasteiger partial charge < -0.3 is 15.0 Å². The van der Waals surface area contributed by atoms with Gasteiger partial charge in [0.15, 0.2) is 0 Å². The van der Waals surface area contributed by atoms with Crippen LogP contribution in [0.4, 0.5) is 14.6 Å². The number of sulfonamides is 1. The van der Waals surface area contributed by atoms with Crippen LogP contribution in [0.25, 0.3) is 22.3 Å². The summed E-state index contributed by atoms with van der Waals surface area (Å²) in [6, 6.07) is 10.5. The number of carbonyl (C=O) groups is 1. The third-order valence-electron chi connectivity index (χ3n) is 7.08. The highest BCUT2D eigenvalue weighted by atomic mass is 32.2. The Balaban J connectivity index is 1.24. The normalized spacial score (nSPS) is 23.6. The number of alkyl halides is 2. The summed E-state index contributed by atoms with van der Waals surface area (Å²) in [6.45, 7) is 5.62. The van der Waals surface area contributed by atoms with Crippen LogP contribution in [0.5, 0.6) is 0 Å². The molecule has 1 aliphatic heterocycles. The number of nitrogens with one attached hydrogen (secondary N) is 2. The van der Waals surface area contributed by atoms with Crippen molar-refractivity contribution in [3.63, 3.8) is 0 Å². The van der Waals surface area contributed by atoms with E-state index in [-0.39, 0.29) is 37.0 Å². The van der Waals surface area contributed by atoms with Crippen molar-refractivity contribution in [2.75, 3.05) is 18.0 Å². The SMILES string of the molecule is C[C@@H]1CN(c2cccc(-c3ccc4cnc(CC(=O)N[C@H]5CC[C@@H](NS(=O)(=O)C(F)F)C5)cc4n3)n2)C[C@H](C)O1. The lowest BCUT2D eigenvalue weighted by Crippen LogP contribution is -2.45. The van der Waals surface area contributed by atoms with E-state index < -0.39 is 21.8 Å². The Bertz CT molecular complexity index is 1480. The zero-order valence-electron chi connectivity index (χ0n) is 22.3. The molecule has 2 fully saturated rings. The number of rotatable bonds is 8. The van der Waals surface area contributed by atoms with Crippen LogP contribution in [0.2, 0.25) is 0 Å². The quantitative estimate of drug-likeness (QED) is 0.421. The van der Waals surface area contributed by atoms with E-state index in [1.807, 2.05) is 35.1 Å². The van der Waals surface area contributed by atoms with Crippen molar-refractivity contribution >= 4 is 32.7 Å². The van der Waals surface area contributed by atoms with Crippen LogP contribution in [0.15, 0.2) is 42.6 Å². The van der Waals surface area contributed by atoms with Crippen LogP contribution < -0.4 is 14.9 Å². The molecular formula is C27H32F2N6O4S. The molecule has 4 heterocycles. The number of morpholine rings is 1. The molecule has 0 spiro atoms. The lowest BCUT2D eigenvalue weighted by atomic mass is 10.1. The molecule has 10 nitrogen and oxygen atoms in total. The van der Waals surface area contributed by atoms with E-state index in [1.165, 1.54) is 0 Å². The van der Waals surface area contributed by atoms with Crippen LogP contribution in [0.3, 0.4) is 0 Å². The first-order valence-electron chi connectivity index (χ1n) is 13.3. The highest BCUT2D eigenvalue weighted by Gasteiger charge is 2.33. The number of pyridine rings is 3. The number of halogens is 2. The predicted molar refractivity (Wildman–Crippen MR) is 146 cm³/mol. The number of nitrogens with zero attached hydrogens (tertiary/aromatic N) is 4. The maximum atomic E-state index is 12.7. The Labute approximate surface area is 231 Å². The van der Waals surface area contributed by atoms with Gasteiger partial charge in [-0.1, -0.05) is 6.07 Å². The number of anilines is 1. The Hall–Kier alpha value is -3.29. The van der Waals surface area contributed by atoms with Crippen LogP contribution in [0, 0.1) is 0 Å². The molecule has 1 saturated carbocycles. The molecule has 1 aliphatic carbocycles. The largest absolute Gasteiger partial charge is 0.372 e. The Morgan fingerprint density at radius 3 is 2.55 bits per heavy atom. The third-order valence-corrected chi connectivity index (χ3v) is 8.21. The summed E-state index contributed by atoms with van der Waals surface area (Å²) in [4.78, 5) is 28.9. The molecule has 40 heavy (non-hydrogen) atoms. The first-order chi connectivity index (χ1) is 19.1. The predicted octanol–water partition coefficient (Wildman–Crippen LogP) is 3.03. The number of carbonyl (C=O) groups excluding carboxylic acids is 1. The number of amides is 1. The zero-order chi connectivity index (χ0) is 28.4. The van der Waals surface area contributed by atoms with Crippen LogP contribution in [-0.2, 0) is 26.0 Å². The van der Waals surface area contributed by atoms with Crippen LogP contribution in [-0.4, -0.2) is 72.4 Å². The lowest BCUT2D eigenvalue weighted by Gasteiger charge is -2.36. The second-order valence-corrected chi connectivity index (χ2v) is 12.2. The molecule has 1 amide bonds. The lowest BCUT2D eigenvalue weighted by molar-refractivity contribution is -0.121. The van der Waals surface area contributed by atoms with E-state index in [0.29, 0.717) is 29.7 Å². The van der Waals surface area contributed by atoms with Crippen LogP contribution in [0.1, 0.15) is 38.8 Å². The second-order valence-electron chi connectivity index (χ2n) is 10.5. The number of aromatic nitrogens is 3. The summed E-state index contributed by atoms with van der Waals surface area (Å²) in [5, 5.41) is 3.68. The van der Waals surface area contributed by atoms with Crippen molar-refractivity contribution in [2.45, 2.75) is 69.6 Å². The maximum Gasteiger partial charge on any atom is 0.350 e. The molecule has 0 aromatic carbocycles. The molecule has 214 valence electrons. The first-order valence-corrected chi connectivity index (χ1v) is 14.8. The van der Waals surface area contributed by atoms with Gasteiger partial charge in [-0.3, -0.25) is 9.78 Å². The Kier molecular flexibility index (Phi) is 8.24. The third kappa shape index (κ3) is 6.70. The highest BCUT2D eigenvalue weighted by molar-refractivity contribution is 7.89. The molecule has 0 radical (unpaired) electrons. The maximum absolute atomic E-state index is 12.7. The average molecular weight is 575 g/mol. The molecule has 13 heteroatoms. The summed E-state index contributed by atoms with van der Waals surface area (Å²) in [5.41, 5.74) is 2.65. The van der Waals surface area contributed by atoms with Gasteiger partial charge in [0.05, 0.1) is 41.2 Å². The number of ether oxygens (including phenoxy) is 1. The minimum atomic E-state index is -4.66. The topological polar surface area (TPSA) is 126 Å². The number of fused-ring (bicyclic) bond motifs is 1. The van der Waals surface area contributed by atoms with Gasteiger partial charge >= 0.3 is 5.76 Å². The Morgan fingerprint density at radius 2 is 1.80 bits per heavy atom. The molecule has 0 unspecified atom stereocenters. The zero-order valence-corrected chi connectivity index (χ0v) is 23.1. The fourth-order valence-corrected chi connectivity index (χ4v) is 6.13. The van der Waals surface area contributed by atoms with Crippen LogP contribution >= 0.6 is 0 Å². The highest BCUT2D eigenvalue weighted by Crippen LogP contribution is 2.25. The van der Waals surface area contributed by atoms with E-state index in [9.17, 15) is 22.0 Å². The molecule has 2 N–H and O–H groups in total. The summed E-state index contributed by atoms with van der Waals surface area (Å²) in [6.07, 6.45) is 3.02. The molecule has 5 rings (SSSR count). The van der Waals surface area contributed by atoms with Crippen molar-refractivity contribution in [1.82, 2.24) is 25.0 Å². The van der Waals surface area contributed by atoms with Gasteiger partial charge in [-0.05, 0) is 63.4 Å². The molecule has 4 atom stereocenters. The van der Waals surface area contributed by atoms with Gasteiger partial charge in [0.2, 0.25) is 5.91 Å². The molecule has 3 aromatic heterocycles. The van der Waals surface area contributed by atoms with Gasteiger partial charge in [0.25, 0.3) is 10.0 Å². The van der Waals surface area contributed by atoms with Crippen molar-refractivity contribution < 1.29 is 26.7 Å². The van der Waals surface area contributed by atoms with Gasteiger partial charge in [0.1, 0.15) is 5.82 Å². The standard InChI is InChI=1S/C27H32F2N6O4S/c1-16-14-35(15-17(2)39-16)25-5-3-4-22(33-25)23-9-6-18-13-30-21(11-24(18)32-23)12-26(36)31-19-7-8-20(10-19)34-40(37,38)27(28)29/h3-6,9,11,13,16-17,19-20,27,34H,7-8,10,12,14-15H2,1-2H3,(H,31,36)/t16-,17+,19-,20+/m0/s1. The van der Waals surface area contributed by atoms with Crippen molar-refractivity contribution in [1.29, 1.82) is 0 Å². The molecule has 0 bridgehead atoms. The van der Waals surface area contributed by atoms with E-state index in [2.05, 4.69) is 29.0 Å². The summed E-state index contributed by atoms with van der Waals surface area (Å²) in [5.74, 6) is -2.90. The fourth-order valence-electron chi connectivity index (χ4n) is 5.35. The number of hydrogen-bond donors (Lipinski definition) is 2. The van der Waals surface area contributed by atoms with E-state index in [0.717, 1.165) is 30.0 Å². The Morgan fingerprint density at radius 1 is 1.07 bits per heavy atom. The average Bonchev–Trinajstić information content (AvgIpc) is 3.33. The molecule has 3 aromatic rings. The van der Waals surface area contributed by atoms with Gasteiger partial charge in [0, 0.05) is 36.8 Å². The molecule has 1 saturated heterocycles. The van der Waals surface area contributed by atoms with E-state index in [4.69, 9.17) is 14.7 Å². The molecule has 2 aliphatic rings. The van der Waals surface area contributed by atoms with Crippen molar-refractivity contribution in [3.8, 4) is 11.4 Å². The minimum Gasteiger partial charge on any atom is -0.372 e. The second kappa shape index (κ2) is 11.7. The summed E-state index contributed by atoms with van der Waals surface area (Å²) >= 11 is 0. The first kappa shape index (κ1) is 28.2. The summed E-state index contributed by atoms with van der Waals surface area (Å²) < 4.78 is 55.9. The monoisotopic (exact) mass is 574 g/mol. The minimum absolute atomic E-state index is 0.00686. The molecular weight excluding hydrogens is 542 g/mol.